The number of halogens is 1. The average Bonchev–Trinajstić information content (AvgIpc) is 3.15. The minimum Gasteiger partial charge on any atom is -0.479 e. The highest BCUT2D eigenvalue weighted by Crippen LogP contribution is 2.36. The molecule has 1 atom stereocenters. The zero-order chi connectivity index (χ0) is 23.9. The van der Waals surface area contributed by atoms with Crippen LogP contribution in [-0.2, 0) is 9.53 Å². The Morgan fingerprint density at radius 2 is 1.76 bits per heavy atom. The van der Waals surface area contributed by atoms with E-state index in [1.165, 1.54) is 0 Å². The average molecular weight is 464 g/mol. The Balaban J connectivity index is 2.04. The van der Waals surface area contributed by atoms with Crippen LogP contribution in [0.15, 0.2) is 54.6 Å². The van der Waals surface area contributed by atoms with Gasteiger partial charge in [-0.1, -0.05) is 53.6 Å². The highest BCUT2D eigenvalue weighted by molar-refractivity contribution is 6.30. The smallest absolute Gasteiger partial charge is 0.337 e. The molecule has 170 valence electrons. The Labute approximate surface area is 197 Å². The van der Waals surface area contributed by atoms with E-state index in [-0.39, 0.29) is 0 Å². The van der Waals surface area contributed by atoms with E-state index in [4.69, 9.17) is 26.4 Å². The summed E-state index contributed by atoms with van der Waals surface area (Å²) in [5.74, 6) is -1.08. The first-order valence-electron chi connectivity index (χ1n) is 10.7. The topological polar surface area (TPSA) is 76.7 Å². The van der Waals surface area contributed by atoms with Gasteiger partial charge in [0.05, 0.1) is 17.0 Å². The quantitative estimate of drug-likeness (QED) is 0.377. The summed E-state index contributed by atoms with van der Waals surface area (Å²) >= 11 is 6.19. The number of hydrogen-bond acceptors (Lipinski definition) is 4. The minimum atomic E-state index is -1.21. The maximum Gasteiger partial charge on any atom is 0.337 e. The summed E-state index contributed by atoms with van der Waals surface area (Å²) in [4.78, 5) is 17.1. The molecule has 6 nitrogen and oxygen atoms in total. The Morgan fingerprint density at radius 1 is 1.06 bits per heavy atom. The van der Waals surface area contributed by atoms with Crippen molar-refractivity contribution in [2.45, 2.75) is 46.3 Å². The van der Waals surface area contributed by atoms with Gasteiger partial charge in [0.1, 0.15) is 0 Å². The van der Waals surface area contributed by atoms with Crippen molar-refractivity contribution in [3.8, 4) is 22.5 Å². The fourth-order valence-corrected chi connectivity index (χ4v) is 4.00. The molecule has 7 heteroatoms. The monoisotopic (exact) mass is 463 g/mol. The minimum absolute atomic E-state index is 0.481. The first-order chi connectivity index (χ1) is 15.5. The van der Waals surface area contributed by atoms with Gasteiger partial charge in [0.2, 0.25) is 0 Å². The third-order valence-corrected chi connectivity index (χ3v) is 5.47. The van der Waals surface area contributed by atoms with Crippen LogP contribution in [-0.4, -0.2) is 31.3 Å². The van der Waals surface area contributed by atoms with E-state index in [2.05, 4.69) is 0 Å². The molecule has 0 fully saturated rings. The van der Waals surface area contributed by atoms with E-state index in [1.54, 1.807) is 17.5 Å². The van der Waals surface area contributed by atoms with Crippen molar-refractivity contribution in [2.75, 3.05) is 0 Å². The number of nitrogens with zero attached hydrogens (tertiary/aromatic N) is 3. The lowest BCUT2D eigenvalue weighted by atomic mass is 9.98. The summed E-state index contributed by atoms with van der Waals surface area (Å²) in [6, 6.07) is 17.2. The van der Waals surface area contributed by atoms with Crippen LogP contribution in [0.3, 0.4) is 0 Å². The molecule has 2 aromatic heterocycles. The predicted molar refractivity (Wildman–Crippen MR) is 130 cm³/mol. The molecule has 0 saturated heterocycles. The molecule has 1 N–H and O–H groups in total. The molecule has 2 aromatic carbocycles. The summed E-state index contributed by atoms with van der Waals surface area (Å²) in [7, 11) is 0. The molecule has 0 unspecified atom stereocenters. The molecule has 0 aliphatic carbocycles. The zero-order valence-electron chi connectivity index (χ0n) is 19.3. The fourth-order valence-electron chi connectivity index (χ4n) is 3.81. The van der Waals surface area contributed by atoms with E-state index < -0.39 is 17.7 Å². The number of fused-ring (bicyclic) bond motifs is 1. The molecule has 2 heterocycles. The van der Waals surface area contributed by atoms with Crippen LogP contribution in [0.2, 0.25) is 5.02 Å². The lowest BCUT2D eigenvalue weighted by molar-refractivity contribution is -0.160. The Kier molecular flexibility index (Phi) is 5.99. The van der Waals surface area contributed by atoms with Gasteiger partial charge >= 0.3 is 5.97 Å². The summed E-state index contributed by atoms with van der Waals surface area (Å²) in [6.45, 7) is 9.32. The highest BCUT2D eigenvalue weighted by Gasteiger charge is 2.33. The fraction of sp³-hybridized carbons (Fsp3) is 0.269. The van der Waals surface area contributed by atoms with Crippen LogP contribution in [0.5, 0.6) is 0 Å². The van der Waals surface area contributed by atoms with Gasteiger partial charge in [-0.3, -0.25) is 0 Å². The SMILES string of the molecule is Cc1ccc(-c2c([C@H](OC(C)(C)C)C(=O)O)c(C)nc3cc(-c4cccc(Cl)c4)nn23)cc1. The number of aromatic nitrogens is 3. The van der Waals surface area contributed by atoms with Gasteiger partial charge in [-0.15, -0.1) is 0 Å². The van der Waals surface area contributed by atoms with E-state index in [0.29, 0.717) is 33.3 Å². The van der Waals surface area contributed by atoms with Crippen LogP contribution in [0, 0.1) is 13.8 Å². The number of aryl methyl sites for hydroxylation is 2. The zero-order valence-corrected chi connectivity index (χ0v) is 20.0. The van der Waals surface area contributed by atoms with Crippen LogP contribution < -0.4 is 0 Å². The number of hydrogen-bond donors (Lipinski definition) is 1. The van der Waals surface area contributed by atoms with Gasteiger partial charge in [-0.2, -0.15) is 5.10 Å². The van der Waals surface area contributed by atoms with E-state index >= 15 is 0 Å². The summed E-state index contributed by atoms with van der Waals surface area (Å²) in [6.07, 6.45) is -1.21. The molecular formula is C26H26ClN3O3. The number of aliphatic carboxylic acids is 1. The number of carboxylic acid groups (broad SMARTS) is 1. The van der Waals surface area contributed by atoms with Crippen molar-refractivity contribution in [1.29, 1.82) is 0 Å². The number of carboxylic acids is 1. The van der Waals surface area contributed by atoms with E-state index in [9.17, 15) is 9.90 Å². The molecule has 0 aliphatic rings. The first kappa shape index (κ1) is 23.0. The Hall–Kier alpha value is -3.22. The lowest BCUT2D eigenvalue weighted by Crippen LogP contribution is -2.29. The molecule has 0 bridgehead atoms. The molecule has 0 radical (unpaired) electrons. The molecule has 4 aromatic rings. The van der Waals surface area contributed by atoms with Crippen LogP contribution in [0.4, 0.5) is 0 Å². The lowest BCUT2D eigenvalue weighted by Gasteiger charge is -2.27. The molecule has 4 rings (SSSR count). The van der Waals surface area contributed by atoms with E-state index in [1.807, 2.05) is 76.2 Å². The van der Waals surface area contributed by atoms with Crippen molar-refractivity contribution in [1.82, 2.24) is 14.6 Å². The van der Waals surface area contributed by atoms with Crippen molar-refractivity contribution in [2.24, 2.45) is 0 Å². The van der Waals surface area contributed by atoms with Crippen molar-refractivity contribution >= 4 is 23.2 Å². The Bertz CT molecular complexity index is 1340. The van der Waals surface area contributed by atoms with Crippen LogP contribution in [0.1, 0.15) is 43.7 Å². The van der Waals surface area contributed by atoms with Crippen molar-refractivity contribution in [3.63, 3.8) is 0 Å². The van der Waals surface area contributed by atoms with Crippen LogP contribution in [0.25, 0.3) is 28.2 Å². The van der Waals surface area contributed by atoms with Gasteiger partial charge < -0.3 is 9.84 Å². The summed E-state index contributed by atoms with van der Waals surface area (Å²) in [5.41, 5.74) is 5.11. The second-order valence-electron chi connectivity index (χ2n) is 9.08. The maximum atomic E-state index is 12.4. The second kappa shape index (κ2) is 8.61. The standard InChI is InChI=1S/C26H26ClN3O3/c1-15-9-11-17(12-10-15)23-22(24(25(31)32)33-26(3,4)5)16(2)28-21-14-20(29-30(21)23)18-7-6-8-19(27)13-18/h6-14,24H,1-5H3,(H,31,32)/t24-/m0/s1. The highest BCUT2D eigenvalue weighted by atomic mass is 35.5. The maximum absolute atomic E-state index is 12.4. The molecular weight excluding hydrogens is 438 g/mol. The number of ether oxygens (including phenoxy) is 1. The molecule has 0 saturated carbocycles. The third-order valence-electron chi connectivity index (χ3n) is 5.23. The first-order valence-corrected chi connectivity index (χ1v) is 11.0. The second-order valence-corrected chi connectivity index (χ2v) is 9.52. The Morgan fingerprint density at radius 3 is 2.36 bits per heavy atom. The normalized spacial score (nSPS) is 12.8. The van der Waals surface area contributed by atoms with Crippen molar-refractivity contribution in [3.05, 3.63) is 76.4 Å². The largest absolute Gasteiger partial charge is 0.479 e. The third kappa shape index (κ3) is 4.77. The van der Waals surface area contributed by atoms with Crippen molar-refractivity contribution < 1.29 is 14.6 Å². The molecule has 0 amide bonds. The molecule has 33 heavy (non-hydrogen) atoms. The molecule has 0 aliphatic heterocycles. The van der Waals surface area contributed by atoms with E-state index in [0.717, 1.165) is 16.7 Å². The number of rotatable bonds is 5. The van der Waals surface area contributed by atoms with Gasteiger partial charge in [0, 0.05) is 33.5 Å². The number of carbonyl (C=O) groups is 1. The van der Waals surface area contributed by atoms with Gasteiger partial charge in [-0.05, 0) is 46.8 Å². The van der Waals surface area contributed by atoms with Gasteiger partial charge in [0.25, 0.3) is 0 Å². The molecule has 0 spiro atoms. The summed E-state index contributed by atoms with van der Waals surface area (Å²) < 4.78 is 7.71. The summed E-state index contributed by atoms with van der Waals surface area (Å²) in [5, 5.41) is 15.5. The predicted octanol–water partition coefficient (Wildman–Crippen LogP) is 6.27. The van der Waals surface area contributed by atoms with Gasteiger partial charge in [0.15, 0.2) is 11.8 Å². The van der Waals surface area contributed by atoms with Gasteiger partial charge in [-0.25, -0.2) is 14.3 Å². The number of benzene rings is 2. The van der Waals surface area contributed by atoms with Crippen LogP contribution >= 0.6 is 11.6 Å².